The van der Waals surface area contributed by atoms with Crippen LogP contribution in [0.3, 0.4) is 0 Å². The summed E-state index contributed by atoms with van der Waals surface area (Å²) in [5, 5.41) is 0. The Balaban J connectivity index is 2.86. The molecule has 1 saturated heterocycles. The molecule has 1 aliphatic rings. The van der Waals surface area contributed by atoms with Crippen LogP contribution < -0.4 is 0 Å². The van der Waals surface area contributed by atoms with Crippen molar-refractivity contribution in [3.05, 3.63) is 0 Å². The summed E-state index contributed by atoms with van der Waals surface area (Å²) in [6, 6.07) is -0.607. The molecular formula is C9H13NO3. The molecular weight excluding hydrogens is 170 g/mol. The highest BCUT2D eigenvalue weighted by molar-refractivity contribution is 6.06. The van der Waals surface area contributed by atoms with Crippen molar-refractivity contribution in [1.29, 1.82) is 0 Å². The fraction of sp³-hybridized carbons (Fsp3) is 0.667. The number of likely N-dealkylation sites (tertiary alicyclic amines) is 1. The molecule has 0 aliphatic carbocycles. The molecule has 1 heterocycles. The molecule has 0 radical (unpaired) electrons. The van der Waals surface area contributed by atoms with Crippen molar-refractivity contribution in [2.24, 2.45) is 5.92 Å². The van der Waals surface area contributed by atoms with Gasteiger partial charge in [0.2, 0.25) is 11.8 Å². The zero-order chi connectivity index (χ0) is 10.2. The van der Waals surface area contributed by atoms with E-state index in [1.54, 1.807) is 13.8 Å². The monoisotopic (exact) mass is 183 g/mol. The van der Waals surface area contributed by atoms with Crippen LogP contribution in [0.5, 0.6) is 0 Å². The number of amides is 2. The van der Waals surface area contributed by atoms with Crippen LogP contribution >= 0.6 is 0 Å². The topological polar surface area (TPSA) is 54.5 Å². The molecule has 0 aromatic rings. The molecule has 0 aromatic carbocycles. The Morgan fingerprint density at radius 3 is 2.38 bits per heavy atom. The Morgan fingerprint density at radius 2 is 2.08 bits per heavy atom. The third kappa shape index (κ3) is 1.61. The number of rotatable bonds is 2. The summed E-state index contributed by atoms with van der Waals surface area (Å²) >= 11 is 0. The normalized spacial score (nSPS) is 25.2. The summed E-state index contributed by atoms with van der Waals surface area (Å²) < 4.78 is 0. The van der Waals surface area contributed by atoms with Crippen LogP contribution in [-0.4, -0.2) is 28.5 Å². The van der Waals surface area contributed by atoms with Crippen molar-refractivity contribution in [2.75, 3.05) is 0 Å². The van der Waals surface area contributed by atoms with Gasteiger partial charge in [0, 0.05) is 12.3 Å². The van der Waals surface area contributed by atoms with Gasteiger partial charge in [0.05, 0.1) is 6.04 Å². The minimum Gasteiger partial charge on any atom is -0.298 e. The van der Waals surface area contributed by atoms with E-state index in [1.165, 1.54) is 6.92 Å². The Hall–Kier alpha value is -1.19. The smallest absolute Gasteiger partial charge is 0.233 e. The molecule has 13 heavy (non-hydrogen) atoms. The van der Waals surface area contributed by atoms with E-state index < -0.39 is 6.04 Å². The third-order valence-electron chi connectivity index (χ3n) is 2.38. The molecule has 0 spiro atoms. The molecule has 2 atom stereocenters. The summed E-state index contributed by atoms with van der Waals surface area (Å²) in [7, 11) is 0. The van der Waals surface area contributed by atoms with Crippen LogP contribution in [-0.2, 0) is 14.4 Å². The maximum Gasteiger partial charge on any atom is 0.233 e. The van der Waals surface area contributed by atoms with Crippen LogP contribution in [0.2, 0.25) is 0 Å². The molecule has 2 amide bonds. The van der Waals surface area contributed by atoms with Gasteiger partial charge in [0.1, 0.15) is 0 Å². The third-order valence-corrected chi connectivity index (χ3v) is 2.38. The van der Waals surface area contributed by atoms with Crippen molar-refractivity contribution in [3.63, 3.8) is 0 Å². The summed E-state index contributed by atoms with van der Waals surface area (Å²) in [6.45, 7) is 4.66. The number of carbonyl (C=O) groups excluding carboxylic acids is 3. The van der Waals surface area contributed by atoms with Gasteiger partial charge in [-0.25, -0.2) is 0 Å². The van der Waals surface area contributed by atoms with Crippen LogP contribution in [0, 0.1) is 5.92 Å². The van der Waals surface area contributed by atoms with E-state index in [-0.39, 0.29) is 29.9 Å². The molecule has 0 N–H and O–H groups in total. The first kappa shape index (κ1) is 9.89. The second-order valence-electron chi connectivity index (χ2n) is 3.49. The molecule has 1 rings (SSSR count). The molecule has 1 fully saturated rings. The van der Waals surface area contributed by atoms with E-state index in [2.05, 4.69) is 0 Å². The van der Waals surface area contributed by atoms with Crippen molar-refractivity contribution in [3.8, 4) is 0 Å². The van der Waals surface area contributed by atoms with Gasteiger partial charge in [-0.2, -0.15) is 0 Å². The largest absolute Gasteiger partial charge is 0.298 e. The van der Waals surface area contributed by atoms with E-state index >= 15 is 0 Å². The Morgan fingerprint density at radius 1 is 1.54 bits per heavy atom. The van der Waals surface area contributed by atoms with E-state index in [1.807, 2.05) is 0 Å². The fourth-order valence-electron chi connectivity index (χ4n) is 1.40. The lowest BCUT2D eigenvalue weighted by Crippen LogP contribution is -2.42. The van der Waals surface area contributed by atoms with E-state index in [0.29, 0.717) is 0 Å². The first-order chi connectivity index (χ1) is 5.95. The van der Waals surface area contributed by atoms with Gasteiger partial charge in [-0.05, 0) is 13.8 Å². The van der Waals surface area contributed by atoms with E-state index in [9.17, 15) is 14.4 Å². The van der Waals surface area contributed by atoms with Gasteiger partial charge in [0.15, 0.2) is 5.78 Å². The lowest BCUT2D eigenvalue weighted by molar-refractivity contribution is -0.145. The molecule has 0 saturated carbocycles. The summed E-state index contributed by atoms with van der Waals surface area (Å²) in [5.74, 6) is -0.891. The highest BCUT2D eigenvalue weighted by Gasteiger charge is 2.39. The second-order valence-corrected chi connectivity index (χ2v) is 3.49. The van der Waals surface area contributed by atoms with Gasteiger partial charge < -0.3 is 0 Å². The lowest BCUT2D eigenvalue weighted by atomic mass is 10.1. The van der Waals surface area contributed by atoms with E-state index in [4.69, 9.17) is 0 Å². The predicted molar refractivity (Wildman–Crippen MR) is 45.8 cm³/mol. The molecule has 0 aromatic heterocycles. The molecule has 72 valence electrons. The zero-order valence-corrected chi connectivity index (χ0v) is 8.03. The van der Waals surface area contributed by atoms with Crippen LogP contribution in [0.4, 0.5) is 0 Å². The number of nitrogens with zero attached hydrogens (tertiary/aromatic N) is 1. The quantitative estimate of drug-likeness (QED) is 0.581. The van der Waals surface area contributed by atoms with Crippen molar-refractivity contribution in [2.45, 2.75) is 33.2 Å². The first-order valence-corrected chi connectivity index (χ1v) is 4.31. The standard InChI is InChI=1S/C9H13NO3/c1-5-4-8(12)10(9(5)13)6(2)7(3)11/h5-6H,4H2,1-3H3. The van der Waals surface area contributed by atoms with Gasteiger partial charge >= 0.3 is 0 Å². The minimum atomic E-state index is -0.607. The number of Topliss-reactive ketones (excluding diaryl/α,β-unsaturated/α-hetero) is 1. The summed E-state index contributed by atoms with van der Waals surface area (Å²) in [6.07, 6.45) is 0.233. The van der Waals surface area contributed by atoms with Gasteiger partial charge in [-0.1, -0.05) is 6.92 Å². The number of carbonyl (C=O) groups is 3. The molecule has 4 nitrogen and oxygen atoms in total. The Labute approximate surface area is 76.9 Å². The number of imide groups is 1. The molecule has 4 heteroatoms. The minimum absolute atomic E-state index is 0.157. The van der Waals surface area contributed by atoms with Gasteiger partial charge in [-0.3, -0.25) is 19.3 Å². The SMILES string of the molecule is CC(=O)C(C)N1C(=O)CC(C)C1=O. The Kier molecular flexibility index (Phi) is 2.50. The highest BCUT2D eigenvalue weighted by Crippen LogP contribution is 2.21. The van der Waals surface area contributed by atoms with Crippen LogP contribution in [0.1, 0.15) is 27.2 Å². The van der Waals surface area contributed by atoms with Gasteiger partial charge in [0.25, 0.3) is 0 Å². The van der Waals surface area contributed by atoms with Crippen molar-refractivity contribution < 1.29 is 14.4 Å². The average Bonchev–Trinajstić information content (AvgIpc) is 2.26. The molecule has 2 unspecified atom stereocenters. The molecule has 1 aliphatic heterocycles. The summed E-state index contributed by atoms with van der Waals surface area (Å²) in [5.41, 5.74) is 0. The van der Waals surface area contributed by atoms with Crippen LogP contribution in [0.25, 0.3) is 0 Å². The molecule has 0 bridgehead atoms. The fourth-order valence-corrected chi connectivity index (χ4v) is 1.40. The zero-order valence-electron chi connectivity index (χ0n) is 8.03. The second kappa shape index (κ2) is 3.28. The lowest BCUT2D eigenvalue weighted by Gasteiger charge is -2.19. The summed E-state index contributed by atoms with van der Waals surface area (Å²) in [4.78, 5) is 34.8. The number of ketones is 1. The number of hydrogen-bond donors (Lipinski definition) is 0. The van der Waals surface area contributed by atoms with Crippen molar-refractivity contribution >= 4 is 17.6 Å². The maximum atomic E-state index is 11.4. The van der Waals surface area contributed by atoms with Crippen LogP contribution in [0.15, 0.2) is 0 Å². The van der Waals surface area contributed by atoms with Gasteiger partial charge in [-0.15, -0.1) is 0 Å². The highest BCUT2D eigenvalue weighted by atomic mass is 16.2. The van der Waals surface area contributed by atoms with Crippen molar-refractivity contribution in [1.82, 2.24) is 4.90 Å². The van der Waals surface area contributed by atoms with E-state index in [0.717, 1.165) is 4.90 Å². The first-order valence-electron chi connectivity index (χ1n) is 4.31. The Bertz CT molecular complexity index is 272. The predicted octanol–water partition coefficient (Wildman–Crippen LogP) is 0.359. The number of hydrogen-bond acceptors (Lipinski definition) is 3. The average molecular weight is 183 g/mol. The maximum absolute atomic E-state index is 11.4.